The van der Waals surface area contributed by atoms with Gasteiger partial charge in [0.05, 0.1) is 0 Å². The fraction of sp³-hybridized carbons (Fsp3) is 0.211. The van der Waals surface area contributed by atoms with Crippen LogP contribution in [0.2, 0.25) is 0 Å². The Morgan fingerprint density at radius 1 is 1.21 bits per heavy atom. The molecule has 1 atom stereocenters. The molecule has 2 N–H and O–H groups in total. The zero-order chi connectivity index (χ0) is 16.5. The normalized spacial score (nSPS) is 13.9. The van der Waals surface area contributed by atoms with Gasteiger partial charge >= 0.3 is 0 Å². The zero-order valence-corrected chi connectivity index (χ0v) is 13.3. The Morgan fingerprint density at radius 3 is 2.96 bits per heavy atom. The van der Waals surface area contributed by atoms with Crippen molar-refractivity contribution in [3.63, 3.8) is 0 Å². The number of benzene rings is 2. The Labute approximate surface area is 139 Å². The van der Waals surface area contributed by atoms with E-state index in [-0.39, 0.29) is 18.7 Å². The van der Waals surface area contributed by atoms with Crippen LogP contribution in [-0.2, 0) is 6.42 Å². The molecule has 4 rings (SSSR count). The van der Waals surface area contributed by atoms with Crippen molar-refractivity contribution in [2.24, 2.45) is 0 Å². The maximum atomic E-state index is 12.4. The molecule has 0 fully saturated rings. The van der Waals surface area contributed by atoms with Gasteiger partial charge in [-0.25, -0.2) is 0 Å². The maximum Gasteiger partial charge on any atom is 0.251 e. The second-order valence-electron chi connectivity index (χ2n) is 6.01. The van der Waals surface area contributed by atoms with Crippen LogP contribution in [0.3, 0.4) is 0 Å². The number of aromatic nitrogens is 1. The van der Waals surface area contributed by atoms with Gasteiger partial charge in [0.15, 0.2) is 11.5 Å². The van der Waals surface area contributed by atoms with Crippen LogP contribution in [0.5, 0.6) is 11.5 Å². The minimum atomic E-state index is -0.111. The highest BCUT2D eigenvalue weighted by Crippen LogP contribution is 2.32. The van der Waals surface area contributed by atoms with Gasteiger partial charge in [-0.2, -0.15) is 0 Å². The van der Waals surface area contributed by atoms with E-state index < -0.39 is 0 Å². The number of ether oxygens (including phenoxy) is 2. The Morgan fingerprint density at radius 2 is 2.04 bits per heavy atom. The number of fused-ring (bicyclic) bond motifs is 2. The summed E-state index contributed by atoms with van der Waals surface area (Å²) < 4.78 is 10.6. The van der Waals surface area contributed by atoms with Crippen LogP contribution in [-0.4, -0.2) is 23.7 Å². The summed E-state index contributed by atoms with van der Waals surface area (Å²) in [4.78, 5) is 15.7. The van der Waals surface area contributed by atoms with Crippen LogP contribution in [0.4, 0.5) is 0 Å². The van der Waals surface area contributed by atoms with Gasteiger partial charge in [0.25, 0.3) is 5.91 Å². The van der Waals surface area contributed by atoms with E-state index in [0.29, 0.717) is 17.1 Å². The summed E-state index contributed by atoms with van der Waals surface area (Å²) in [7, 11) is 0. The molecule has 1 aliphatic rings. The number of amides is 1. The maximum absolute atomic E-state index is 12.4. The van der Waals surface area contributed by atoms with E-state index >= 15 is 0 Å². The highest BCUT2D eigenvalue weighted by Gasteiger charge is 2.17. The van der Waals surface area contributed by atoms with E-state index in [0.717, 1.165) is 11.9 Å². The summed E-state index contributed by atoms with van der Waals surface area (Å²) in [6.07, 6.45) is 2.77. The lowest BCUT2D eigenvalue weighted by Gasteiger charge is -2.14. The molecule has 5 heteroatoms. The smallest absolute Gasteiger partial charge is 0.251 e. The first-order valence-corrected chi connectivity index (χ1v) is 7.96. The third-order valence-electron chi connectivity index (χ3n) is 4.21. The SMILES string of the molecule is CC(Cc1c[nH]c2ccccc12)NC(=O)c1ccc2c(c1)OCO2. The second-order valence-corrected chi connectivity index (χ2v) is 6.01. The predicted molar refractivity (Wildman–Crippen MR) is 91.5 cm³/mol. The van der Waals surface area contributed by atoms with Gasteiger partial charge in [-0.05, 0) is 43.2 Å². The van der Waals surface area contributed by atoms with Crippen LogP contribution >= 0.6 is 0 Å². The summed E-state index contributed by atoms with van der Waals surface area (Å²) in [6.45, 7) is 2.21. The van der Waals surface area contributed by atoms with Gasteiger partial charge in [-0.3, -0.25) is 4.79 Å². The van der Waals surface area contributed by atoms with Gasteiger partial charge in [0, 0.05) is 28.7 Å². The zero-order valence-electron chi connectivity index (χ0n) is 13.3. The number of carbonyl (C=O) groups excluding carboxylic acids is 1. The first-order chi connectivity index (χ1) is 11.7. The van der Waals surface area contributed by atoms with Crippen molar-refractivity contribution in [1.82, 2.24) is 10.3 Å². The molecule has 122 valence electrons. The van der Waals surface area contributed by atoms with Gasteiger partial charge in [0.1, 0.15) is 0 Å². The molecule has 1 aliphatic heterocycles. The molecule has 0 saturated carbocycles. The number of para-hydroxylation sites is 1. The van der Waals surface area contributed by atoms with E-state index in [1.807, 2.05) is 25.3 Å². The van der Waals surface area contributed by atoms with Crippen molar-refractivity contribution in [1.29, 1.82) is 0 Å². The lowest BCUT2D eigenvalue weighted by Crippen LogP contribution is -2.34. The number of nitrogens with one attached hydrogen (secondary N) is 2. The third kappa shape index (κ3) is 2.69. The molecule has 0 bridgehead atoms. The standard InChI is InChI=1S/C19H18N2O3/c1-12(8-14-10-20-16-5-3-2-4-15(14)16)21-19(22)13-6-7-17-18(9-13)24-11-23-17/h2-7,9-10,12,20H,8,11H2,1H3,(H,21,22). The number of hydrogen-bond donors (Lipinski definition) is 2. The minimum Gasteiger partial charge on any atom is -0.454 e. The number of H-pyrrole nitrogens is 1. The van der Waals surface area contributed by atoms with E-state index in [4.69, 9.17) is 9.47 Å². The predicted octanol–water partition coefficient (Wildman–Crippen LogP) is 3.26. The molecule has 0 spiro atoms. The third-order valence-corrected chi connectivity index (χ3v) is 4.21. The fourth-order valence-corrected chi connectivity index (χ4v) is 3.03. The van der Waals surface area contributed by atoms with Crippen molar-refractivity contribution in [3.05, 3.63) is 59.8 Å². The Balaban J connectivity index is 1.45. The molecule has 0 aliphatic carbocycles. The molecule has 2 heterocycles. The monoisotopic (exact) mass is 322 g/mol. The minimum absolute atomic E-state index is 0.0159. The summed E-state index contributed by atoms with van der Waals surface area (Å²) in [6, 6.07) is 13.4. The Bertz CT molecular complexity index is 901. The Hall–Kier alpha value is -2.95. The molecule has 3 aromatic rings. The summed E-state index contributed by atoms with van der Waals surface area (Å²) in [5.74, 6) is 1.19. The van der Waals surface area contributed by atoms with Crippen molar-refractivity contribution >= 4 is 16.8 Å². The molecule has 0 radical (unpaired) electrons. The van der Waals surface area contributed by atoms with Crippen molar-refractivity contribution in [2.45, 2.75) is 19.4 Å². The van der Waals surface area contributed by atoms with E-state index in [1.54, 1.807) is 18.2 Å². The summed E-state index contributed by atoms with van der Waals surface area (Å²) >= 11 is 0. The van der Waals surface area contributed by atoms with Gasteiger partial charge < -0.3 is 19.8 Å². The van der Waals surface area contributed by atoms with E-state index in [1.165, 1.54) is 10.9 Å². The van der Waals surface area contributed by atoms with E-state index in [2.05, 4.69) is 22.4 Å². The highest BCUT2D eigenvalue weighted by molar-refractivity contribution is 5.95. The van der Waals surface area contributed by atoms with Crippen molar-refractivity contribution in [3.8, 4) is 11.5 Å². The first-order valence-electron chi connectivity index (χ1n) is 7.96. The molecule has 1 unspecified atom stereocenters. The topological polar surface area (TPSA) is 63.4 Å². The average Bonchev–Trinajstić information content (AvgIpc) is 3.21. The molecular weight excluding hydrogens is 304 g/mol. The average molecular weight is 322 g/mol. The Kier molecular flexibility index (Phi) is 3.61. The van der Waals surface area contributed by atoms with Gasteiger partial charge in [-0.15, -0.1) is 0 Å². The largest absolute Gasteiger partial charge is 0.454 e. The first kappa shape index (κ1) is 14.6. The van der Waals surface area contributed by atoms with Crippen LogP contribution in [0.15, 0.2) is 48.7 Å². The van der Waals surface area contributed by atoms with Crippen LogP contribution in [0.25, 0.3) is 10.9 Å². The molecule has 1 aromatic heterocycles. The second kappa shape index (κ2) is 5.92. The van der Waals surface area contributed by atoms with Crippen molar-refractivity contribution < 1.29 is 14.3 Å². The summed E-state index contributed by atoms with van der Waals surface area (Å²) in [5.41, 5.74) is 2.89. The van der Waals surface area contributed by atoms with Crippen LogP contribution in [0, 0.1) is 0 Å². The molecule has 5 nitrogen and oxygen atoms in total. The lowest BCUT2D eigenvalue weighted by molar-refractivity contribution is 0.0939. The molecule has 0 saturated heterocycles. The van der Waals surface area contributed by atoms with Gasteiger partial charge in [-0.1, -0.05) is 18.2 Å². The number of carbonyl (C=O) groups is 1. The number of aromatic amines is 1. The van der Waals surface area contributed by atoms with E-state index in [9.17, 15) is 4.79 Å². The van der Waals surface area contributed by atoms with Gasteiger partial charge in [0.2, 0.25) is 6.79 Å². The molecule has 24 heavy (non-hydrogen) atoms. The summed E-state index contributed by atoms with van der Waals surface area (Å²) in [5, 5.41) is 4.24. The highest BCUT2D eigenvalue weighted by atomic mass is 16.7. The molecule has 2 aromatic carbocycles. The van der Waals surface area contributed by atoms with Crippen molar-refractivity contribution in [2.75, 3.05) is 6.79 Å². The lowest BCUT2D eigenvalue weighted by atomic mass is 10.1. The molecule has 1 amide bonds. The van der Waals surface area contributed by atoms with Crippen LogP contribution < -0.4 is 14.8 Å². The van der Waals surface area contributed by atoms with Crippen LogP contribution in [0.1, 0.15) is 22.8 Å². The molecular formula is C19H18N2O3. The fourth-order valence-electron chi connectivity index (χ4n) is 3.03. The number of rotatable bonds is 4. The quantitative estimate of drug-likeness (QED) is 0.775. The number of hydrogen-bond acceptors (Lipinski definition) is 3.